The number of carbonyl (C=O) groups excluding carboxylic acids is 3. The van der Waals surface area contributed by atoms with Crippen molar-refractivity contribution in [2.24, 2.45) is 11.1 Å². The fourth-order valence-corrected chi connectivity index (χ4v) is 5.71. The topological polar surface area (TPSA) is 107 Å². The Morgan fingerprint density at radius 2 is 1.78 bits per heavy atom. The maximum absolute atomic E-state index is 13.0. The third-order valence-corrected chi connectivity index (χ3v) is 7.04. The second kappa shape index (κ2) is 6.99. The summed E-state index contributed by atoms with van der Waals surface area (Å²) in [5, 5.41) is 3.94. The Morgan fingerprint density at radius 3 is 2.37 bits per heavy atom. The summed E-state index contributed by atoms with van der Waals surface area (Å²) < 4.78 is 25.2. The van der Waals surface area contributed by atoms with Crippen molar-refractivity contribution in [3.63, 3.8) is 0 Å². The molecule has 0 atom stereocenters. The van der Waals surface area contributed by atoms with E-state index >= 15 is 0 Å². The molecule has 1 aromatic carbocycles. The van der Waals surface area contributed by atoms with Crippen LogP contribution in [0.5, 0.6) is 0 Å². The second-order valence-electron chi connectivity index (χ2n) is 6.94. The Labute approximate surface area is 157 Å². The van der Waals surface area contributed by atoms with Crippen LogP contribution in [0.15, 0.2) is 16.1 Å². The molecule has 0 amide bonds. The maximum atomic E-state index is 13.0. The third kappa shape index (κ3) is 3.22. The Morgan fingerprint density at radius 1 is 1.15 bits per heavy atom. The molecule has 0 radical (unpaired) electrons. The average Bonchev–Trinajstić information content (AvgIpc) is 2.59. The van der Waals surface area contributed by atoms with Crippen LogP contribution in [0, 0.1) is 19.8 Å². The number of ketones is 3. The van der Waals surface area contributed by atoms with E-state index in [1.165, 1.54) is 13.2 Å². The lowest BCUT2D eigenvalue weighted by atomic mass is 9.79. The summed E-state index contributed by atoms with van der Waals surface area (Å²) in [6, 6.07) is 1.47. The van der Waals surface area contributed by atoms with Gasteiger partial charge in [0.05, 0.1) is 16.4 Å². The van der Waals surface area contributed by atoms with Crippen LogP contribution < -0.4 is 0 Å². The number of Topliss-reactive ketones (excluding diaryl/α,β-unsaturated/α-hetero) is 3. The van der Waals surface area contributed by atoms with E-state index < -0.39 is 21.5 Å². The largest absolute Gasteiger partial charge is 0.399 e. The van der Waals surface area contributed by atoms with Crippen molar-refractivity contribution in [2.45, 2.75) is 44.4 Å². The van der Waals surface area contributed by atoms with Gasteiger partial charge in [0, 0.05) is 30.4 Å². The second-order valence-corrected chi connectivity index (χ2v) is 8.99. The van der Waals surface area contributed by atoms with Gasteiger partial charge < -0.3 is 4.84 Å². The van der Waals surface area contributed by atoms with E-state index in [0.717, 1.165) is 0 Å². The Kier molecular flexibility index (Phi) is 5.03. The molecule has 0 unspecified atom stereocenters. The van der Waals surface area contributed by atoms with Crippen molar-refractivity contribution in [3.05, 3.63) is 28.3 Å². The number of carbonyl (C=O) groups is 3. The van der Waals surface area contributed by atoms with Gasteiger partial charge in [0.2, 0.25) is 0 Å². The predicted molar refractivity (Wildman–Crippen MR) is 97.8 cm³/mol. The van der Waals surface area contributed by atoms with Crippen LogP contribution in [0.25, 0.3) is 0 Å². The zero-order valence-corrected chi connectivity index (χ0v) is 16.3. The first-order valence-electron chi connectivity index (χ1n) is 8.76. The van der Waals surface area contributed by atoms with E-state index in [1.54, 1.807) is 13.8 Å². The smallest absolute Gasteiger partial charge is 0.181 e. The van der Waals surface area contributed by atoms with Crippen LogP contribution in [0.3, 0.4) is 0 Å². The zero-order valence-electron chi connectivity index (χ0n) is 15.5. The molecule has 1 aromatic rings. The van der Waals surface area contributed by atoms with Crippen molar-refractivity contribution in [3.8, 4) is 0 Å². The van der Waals surface area contributed by atoms with Gasteiger partial charge in [0.15, 0.2) is 27.2 Å². The number of hydrogen-bond acceptors (Lipinski definition) is 7. The molecule has 8 heteroatoms. The first-order chi connectivity index (χ1) is 12.7. The van der Waals surface area contributed by atoms with E-state index in [1.807, 2.05) is 0 Å². The van der Waals surface area contributed by atoms with Crippen molar-refractivity contribution >= 4 is 32.9 Å². The summed E-state index contributed by atoms with van der Waals surface area (Å²) in [5.74, 6) is -2.69. The zero-order chi connectivity index (χ0) is 19.9. The average molecular weight is 391 g/mol. The molecule has 0 saturated heterocycles. The summed E-state index contributed by atoms with van der Waals surface area (Å²) in [6.45, 7) is 3.22. The molecule has 0 aromatic heterocycles. The number of oxime groups is 1. The van der Waals surface area contributed by atoms with Crippen molar-refractivity contribution in [1.29, 1.82) is 0 Å². The minimum atomic E-state index is -3.52. The van der Waals surface area contributed by atoms with E-state index in [0.29, 0.717) is 28.8 Å². The van der Waals surface area contributed by atoms with Gasteiger partial charge >= 0.3 is 0 Å². The molecule has 1 saturated carbocycles. The molecule has 0 bridgehead atoms. The molecular formula is C19H21NO6S. The standard InChI is InChI=1S/C19H21NO6S/c1-10-9-12(18(23)17-14(21)5-4-6-15(17)22)11(2)16-13(20-26-3)7-8-27(24,25)19(10)16/h9,17H,4-8H2,1-3H3/b20-13+. The van der Waals surface area contributed by atoms with Crippen molar-refractivity contribution in [2.75, 3.05) is 12.9 Å². The molecule has 1 aliphatic carbocycles. The number of rotatable bonds is 3. The van der Waals surface area contributed by atoms with Crippen LogP contribution in [-0.2, 0) is 24.3 Å². The highest BCUT2D eigenvalue weighted by Gasteiger charge is 2.39. The maximum Gasteiger partial charge on any atom is 0.181 e. The number of hydrogen-bond donors (Lipinski definition) is 0. The van der Waals surface area contributed by atoms with Crippen LogP contribution in [0.4, 0.5) is 0 Å². The Hall–Kier alpha value is -2.35. The van der Waals surface area contributed by atoms with Gasteiger partial charge in [0.1, 0.15) is 13.0 Å². The summed E-state index contributed by atoms with van der Waals surface area (Å²) >= 11 is 0. The van der Waals surface area contributed by atoms with Gasteiger partial charge in [-0.25, -0.2) is 8.42 Å². The molecule has 0 N–H and O–H groups in total. The monoisotopic (exact) mass is 391 g/mol. The SMILES string of the molecule is CO/N=C1\CCS(=O)(=O)c2c(C)cc(C(=O)C3C(=O)CCCC3=O)c(C)c21. The van der Waals surface area contributed by atoms with Crippen LogP contribution in [0.2, 0.25) is 0 Å². The van der Waals surface area contributed by atoms with E-state index in [4.69, 9.17) is 4.84 Å². The lowest BCUT2D eigenvalue weighted by molar-refractivity contribution is -0.133. The summed E-state index contributed by atoms with van der Waals surface area (Å²) in [7, 11) is -2.15. The van der Waals surface area contributed by atoms with E-state index in [2.05, 4.69) is 5.16 Å². The van der Waals surface area contributed by atoms with E-state index in [-0.39, 0.29) is 47.0 Å². The lowest BCUT2D eigenvalue weighted by Gasteiger charge is -2.25. The number of nitrogens with zero attached hydrogens (tertiary/aromatic N) is 1. The molecule has 1 fully saturated rings. The molecule has 2 aliphatic rings. The normalized spacial score (nSPS) is 21.2. The van der Waals surface area contributed by atoms with Gasteiger partial charge in [0.25, 0.3) is 0 Å². The van der Waals surface area contributed by atoms with Crippen LogP contribution in [0.1, 0.15) is 52.7 Å². The fraction of sp³-hybridized carbons (Fsp3) is 0.474. The highest BCUT2D eigenvalue weighted by Crippen LogP contribution is 2.35. The van der Waals surface area contributed by atoms with Gasteiger partial charge in [-0.3, -0.25) is 14.4 Å². The summed E-state index contributed by atoms with van der Waals surface area (Å²) in [5.41, 5.74) is 1.80. The first-order valence-corrected chi connectivity index (χ1v) is 10.4. The predicted octanol–water partition coefficient (Wildman–Crippen LogP) is 1.95. The Balaban J connectivity index is 2.23. The Bertz CT molecular complexity index is 974. The molecule has 27 heavy (non-hydrogen) atoms. The first kappa shape index (κ1) is 19.4. The fourth-order valence-electron chi connectivity index (χ4n) is 3.91. The number of fused-ring (bicyclic) bond motifs is 1. The molecule has 144 valence electrons. The summed E-state index contributed by atoms with van der Waals surface area (Å²) in [4.78, 5) is 42.4. The van der Waals surface area contributed by atoms with Gasteiger partial charge in [-0.15, -0.1) is 0 Å². The number of benzene rings is 1. The molecule has 1 heterocycles. The highest BCUT2D eigenvalue weighted by atomic mass is 32.2. The summed E-state index contributed by atoms with van der Waals surface area (Å²) in [6.07, 6.45) is 1.04. The molecule has 3 rings (SSSR count). The highest BCUT2D eigenvalue weighted by molar-refractivity contribution is 7.91. The van der Waals surface area contributed by atoms with E-state index in [9.17, 15) is 22.8 Å². The van der Waals surface area contributed by atoms with Gasteiger partial charge in [-0.05, 0) is 37.5 Å². The molecule has 1 aliphatic heterocycles. The molecule has 7 nitrogen and oxygen atoms in total. The molecular weight excluding hydrogens is 370 g/mol. The van der Waals surface area contributed by atoms with Crippen molar-refractivity contribution in [1.82, 2.24) is 0 Å². The van der Waals surface area contributed by atoms with Gasteiger partial charge in [-0.2, -0.15) is 0 Å². The van der Waals surface area contributed by atoms with Crippen molar-refractivity contribution < 1.29 is 27.6 Å². The minimum absolute atomic E-state index is 0.0879. The van der Waals surface area contributed by atoms with Gasteiger partial charge in [-0.1, -0.05) is 5.16 Å². The van der Waals surface area contributed by atoms with Crippen LogP contribution in [-0.4, -0.2) is 44.3 Å². The number of aryl methyl sites for hydroxylation is 1. The lowest BCUT2D eigenvalue weighted by Crippen LogP contribution is -2.36. The third-order valence-electron chi connectivity index (χ3n) is 5.15. The number of sulfone groups is 1. The van der Waals surface area contributed by atoms with Crippen LogP contribution >= 0.6 is 0 Å². The molecule has 0 spiro atoms. The minimum Gasteiger partial charge on any atom is -0.399 e. The quantitative estimate of drug-likeness (QED) is 0.443.